The van der Waals surface area contributed by atoms with Gasteiger partial charge in [-0.15, -0.1) is 0 Å². The van der Waals surface area contributed by atoms with Crippen LogP contribution in [0.3, 0.4) is 0 Å². The molecule has 1 amide bonds. The van der Waals surface area contributed by atoms with Crippen LogP contribution >= 0.6 is 11.6 Å². The third-order valence-electron chi connectivity index (χ3n) is 2.05. The van der Waals surface area contributed by atoms with Crippen LogP contribution in [0.1, 0.15) is 19.3 Å². The van der Waals surface area contributed by atoms with Gasteiger partial charge in [-0.3, -0.25) is 10.2 Å². The fraction of sp³-hybridized carbons (Fsp3) is 0.364. The molecule has 3 N–H and O–H groups in total. The predicted molar refractivity (Wildman–Crippen MR) is 63.1 cm³/mol. The molecule has 4 nitrogen and oxygen atoms in total. The van der Waals surface area contributed by atoms with Crippen molar-refractivity contribution in [1.82, 2.24) is 5.43 Å². The Kier molecular flexibility index (Phi) is 5.67. The third kappa shape index (κ3) is 4.51. The number of nitrogens with two attached hydrogens (primary N) is 1. The summed E-state index contributed by atoms with van der Waals surface area (Å²) in [6.45, 7) is 0.543. The number of ether oxygens (including phenoxy) is 1. The summed E-state index contributed by atoms with van der Waals surface area (Å²) in [5.74, 6) is 5.47. The summed E-state index contributed by atoms with van der Waals surface area (Å²) in [6, 6.07) is 7.30. The first-order valence-electron chi connectivity index (χ1n) is 5.11. The molecule has 0 heterocycles. The van der Waals surface area contributed by atoms with Gasteiger partial charge in [-0.05, 0) is 25.0 Å². The quantitative estimate of drug-likeness (QED) is 0.347. The van der Waals surface area contributed by atoms with Crippen LogP contribution in [0, 0.1) is 0 Å². The van der Waals surface area contributed by atoms with E-state index in [1.807, 2.05) is 18.2 Å². The number of hydrogen-bond acceptors (Lipinski definition) is 3. The summed E-state index contributed by atoms with van der Waals surface area (Å²) in [5.41, 5.74) is 2.08. The van der Waals surface area contributed by atoms with Gasteiger partial charge < -0.3 is 4.74 Å². The topological polar surface area (TPSA) is 64.3 Å². The maximum atomic E-state index is 10.8. The van der Waals surface area contributed by atoms with E-state index in [0.29, 0.717) is 23.8 Å². The number of unbranched alkanes of at least 4 members (excludes halogenated alkanes) is 1. The van der Waals surface area contributed by atoms with E-state index in [1.165, 1.54) is 0 Å². The maximum Gasteiger partial charge on any atom is 0.233 e. The molecule has 16 heavy (non-hydrogen) atoms. The van der Waals surface area contributed by atoms with Crippen molar-refractivity contribution in [2.24, 2.45) is 5.84 Å². The zero-order valence-electron chi connectivity index (χ0n) is 8.91. The number of rotatable bonds is 6. The second-order valence-electron chi connectivity index (χ2n) is 3.30. The van der Waals surface area contributed by atoms with Gasteiger partial charge in [0.05, 0.1) is 11.6 Å². The Morgan fingerprint density at radius 2 is 2.12 bits per heavy atom. The third-order valence-corrected chi connectivity index (χ3v) is 2.37. The molecule has 0 unspecified atom stereocenters. The Hall–Kier alpha value is -1.26. The smallest absolute Gasteiger partial charge is 0.233 e. The Morgan fingerprint density at radius 3 is 2.81 bits per heavy atom. The van der Waals surface area contributed by atoms with Crippen LogP contribution in [0.25, 0.3) is 0 Å². The molecule has 0 saturated carbocycles. The molecule has 0 aliphatic heterocycles. The Bertz CT molecular complexity index is 345. The first-order valence-corrected chi connectivity index (χ1v) is 5.48. The molecule has 0 fully saturated rings. The molecule has 1 rings (SSSR count). The summed E-state index contributed by atoms with van der Waals surface area (Å²) in [6.07, 6.45) is 1.95. The zero-order valence-corrected chi connectivity index (χ0v) is 9.67. The summed E-state index contributed by atoms with van der Waals surface area (Å²) in [5, 5.41) is 0.599. The van der Waals surface area contributed by atoms with Crippen LogP contribution in [0.15, 0.2) is 24.3 Å². The van der Waals surface area contributed by atoms with Crippen molar-refractivity contribution < 1.29 is 9.53 Å². The van der Waals surface area contributed by atoms with Crippen LogP contribution < -0.4 is 16.0 Å². The van der Waals surface area contributed by atoms with E-state index in [2.05, 4.69) is 5.43 Å². The lowest BCUT2D eigenvalue weighted by Gasteiger charge is -2.07. The van der Waals surface area contributed by atoms with E-state index in [-0.39, 0.29) is 5.91 Å². The molecule has 88 valence electrons. The number of para-hydroxylation sites is 1. The molecule has 0 atom stereocenters. The van der Waals surface area contributed by atoms with Crippen LogP contribution in [0.5, 0.6) is 5.75 Å². The minimum atomic E-state index is -0.155. The Balaban J connectivity index is 2.17. The van der Waals surface area contributed by atoms with Crippen LogP contribution in [-0.4, -0.2) is 12.5 Å². The largest absolute Gasteiger partial charge is 0.492 e. The average molecular weight is 243 g/mol. The highest BCUT2D eigenvalue weighted by atomic mass is 35.5. The van der Waals surface area contributed by atoms with Gasteiger partial charge in [-0.2, -0.15) is 0 Å². The minimum absolute atomic E-state index is 0.155. The molecular formula is C11H15ClN2O2. The molecule has 0 aromatic heterocycles. The number of hydrogen-bond donors (Lipinski definition) is 2. The molecule has 0 aliphatic carbocycles. The molecule has 0 radical (unpaired) electrons. The van der Waals surface area contributed by atoms with Gasteiger partial charge in [-0.25, -0.2) is 5.84 Å². The fourth-order valence-electron chi connectivity index (χ4n) is 1.20. The highest BCUT2D eigenvalue weighted by Crippen LogP contribution is 2.23. The number of halogens is 1. The summed E-state index contributed by atoms with van der Waals surface area (Å²) in [7, 11) is 0. The highest BCUT2D eigenvalue weighted by molar-refractivity contribution is 6.32. The van der Waals surface area contributed by atoms with Gasteiger partial charge in [0.1, 0.15) is 5.75 Å². The lowest BCUT2D eigenvalue weighted by molar-refractivity contribution is -0.121. The van der Waals surface area contributed by atoms with Gasteiger partial charge in [-0.1, -0.05) is 23.7 Å². The SMILES string of the molecule is NNC(=O)CCCCOc1ccccc1Cl. The van der Waals surface area contributed by atoms with Crippen molar-refractivity contribution in [2.75, 3.05) is 6.61 Å². The first kappa shape index (κ1) is 12.8. The molecule has 1 aromatic carbocycles. The fourth-order valence-corrected chi connectivity index (χ4v) is 1.39. The number of hydrazine groups is 1. The highest BCUT2D eigenvalue weighted by Gasteiger charge is 2.00. The normalized spacial score (nSPS) is 9.88. The first-order chi connectivity index (χ1) is 7.74. The van der Waals surface area contributed by atoms with Gasteiger partial charge in [0.25, 0.3) is 0 Å². The second kappa shape index (κ2) is 7.09. The van der Waals surface area contributed by atoms with E-state index in [0.717, 1.165) is 12.8 Å². The lowest BCUT2D eigenvalue weighted by Crippen LogP contribution is -2.29. The molecule has 0 aliphatic rings. The number of carbonyl (C=O) groups excluding carboxylic acids is 1. The molecule has 0 bridgehead atoms. The lowest BCUT2D eigenvalue weighted by atomic mass is 10.2. The van der Waals surface area contributed by atoms with E-state index < -0.39 is 0 Å². The number of carbonyl (C=O) groups is 1. The predicted octanol–water partition coefficient (Wildman–Crippen LogP) is 1.88. The van der Waals surface area contributed by atoms with E-state index in [4.69, 9.17) is 22.2 Å². The molecule has 5 heteroatoms. The van der Waals surface area contributed by atoms with E-state index in [1.54, 1.807) is 6.07 Å². The Morgan fingerprint density at radius 1 is 1.38 bits per heavy atom. The van der Waals surface area contributed by atoms with E-state index in [9.17, 15) is 4.79 Å². The van der Waals surface area contributed by atoms with Crippen molar-refractivity contribution in [3.8, 4) is 5.75 Å². The molecule has 0 saturated heterocycles. The van der Waals surface area contributed by atoms with Crippen LogP contribution in [-0.2, 0) is 4.79 Å². The van der Waals surface area contributed by atoms with Crippen molar-refractivity contribution in [3.05, 3.63) is 29.3 Å². The molecule has 1 aromatic rings. The zero-order chi connectivity index (χ0) is 11.8. The van der Waals surface area contributed by atoms with Crippen molar-refractivity contribution in [1.29, 1.82) is 0 Å². The maximum absolute atomic E-state index is 10.8. The van der Waals surface area contributed by atoms with Gasteiger partial charge in [0, 0.05) is 6.42 Å². The van der Waals surface area contributed by atoms with Gasteiger partial charge in [0.2, 0.25) is 5.91 Å². The van der Waals surface area contributed by atoms with E-state index >= 15 is 0 Å². The molecular weight excluding hydrogens is 228 g/mol. The summed E-state index contributed by atoms with van der Waals surface area (Å²) < 4.78 is 5.46. The van der Waals surface area contributed by atoms with Crippen molar-refractivity contribution in [2.45, 2.75) is 19.3 Å². The van der Waals surface area contributed by atoms with Crippen LogP contribution in [0.2, 0.25) is 5.02 Å². The van der Waals surface area contributed by atoms with Crippen molar-refractivity contribution in [3.63, 3.8) is 0 Å². The number of nitrogens with one attached hydrogen (secondary N) is 1. The standard InChI is InChI=1S/C11H15ClN2O2/c12-9-5-1-2-6-10(9)16-8-4-3-7-11(15)14-13/h1-2,5-6H,3-4,7-8,13H2,(H,14,15). The minimum Gasteiger partial charge on any atom is -0.492 e. The number of benzene rings is 1. The Labute approximate surface area is 99.7 Å². The van der Waals surface area contributed by atoms with Crippen molar-refractivity contribution >= 4 is 17.5 Å². The van der Waals surface area contributed by atoms with Crippen LogP contribution in [0.4, 0.5) is 0 Å². The molecule has 0 spiro atoms. The van der Waals surface area contributed by atoms with Gasteiger partial charge >= 0.3 is 0 Å². The summed E-state index contributed by atoms with van der Waals surface area (Å²) in [4.78, 5) is 10.8. The van der Waals surface area contributed by atoms with Gasteiger partial charge in [0.15, 0.2) is 0 Å². The second-order valence-corrected chi connectivity index (χ2v) is 3.71. The number of amides is 1. The summed E-state index contributed by atoms with van der Waals surface area (Å²) >= 11 is 5.90. The monoisotopic (exact) mass is 242 g/mol. The average Bonchev–Trinajstić information content (AvgIpc) is 2.30.